The second-order valence-electron chi connectivity index (χ2n) is 8.53. The fraction of sp³-hybridized carbons (Fsp3) is 1.00. The summed E-state index contributed by atoms with van der Waals surface area (Å²) in [5.41, 5.74) is 0.444. The Morgan fingerprint density at radius 3 is 1.43 bits per heavy atom. The van der Waals surface area contributed by atoms with E-state index in [1.54, 1.807) is 0 Å². The Morgan fingerprint density at radius 2 is 1.07 bits per heavy atom. The first-order chi connectivity index (χ1) is 12.6. The minimum atomic E-state index is 0. The molecule has 3 heteroatoms. The Balaban J connectivity index is -0.00000312. The molecule has 0 rings (SSSR count). The second kappa shape index (κ2) is 19.7. The number of unbranched alkanes of at least 4 members (excludes halogenated alkanes) is 4. The average molecular weight is 507 g/mol. The zero-order valence-corrected chi connectivity index (χ0v) is 24.8. The van der Waals surface area contributed by atoms with E-state index in [2.05, 4.69) is 48.5 Å². The summed E-state index contributed by atoms with van der Waals surface area (Å²) in [5, 5.41) is 0. The summed E-state index contributed by atoms with van der Waals surface area (Å²) in [7, 11) is 0. The van der Waals surface area contributed by atoms with Crippen LogP contribution in [-0.4, -0.2) is 41.6 Å². The van der Waals surface area contributed by atoms with Gasteiger partial charge < -0.3 is 10.2 Å². The monoisotopic (exact) mass is 508 g/mol. The van der Waals surface area contributed by atoms with E-state index in [4.69, 9.17) is 4.74 Å². The maximum absolute atomic E-state index is 6.97. The molecule has 0 aromatic heterocycles. The van der Waals surface area contributed by atoms with Crippen molar-refractivity contribution in [2.24, 2.45) is 11.3 Å². The quantitative estimate of drug-likeness (QED) is 0.143. The number of rotatable bonds is 18. The van der Waals surface area contributed by atoms with Crippen LogP contribution in [-0.2, 0) is 4.74 Å². The van der Waals surface area contributed by atoms with Crippen LogP contribution in [0.1, 0.15) is 138 Å². The van der Waals surface area contributed by atoms with Crippen molar-refractivity contribution < 1.29 is 10.2 Å². The molecule has 0 amide bonds. The topological polar surface area (TPSA) is 40.7 Å². The summed E-state index contributed by atoms with van der Waals surface area (Å²) in [6.45, 7) is 17.5. The molecule has 0 saturated heterocycles. The van der Waals surface area contributed by atoms with Crippen LogP contribution < -0.4 is 0 Å². The molecule has 2 radical (unpaired) electrons. The molecule has 0 aliphatic carbocycles. The van der Waals surface area contributed by atoms with Crippen LogP contribution in [0.4, 0.5) is 0 Å². The molecule has 0 aliphatic rings. The number of hydrogen-bond acceptors (Lipinski definition) is 1. The maximum atomic E-state index is 6.97. The zero-order chi connectivity index (χ0) is 19.9. The first kappa shape index (κ1) is 33.4. The fourth-order valence-corrected chi connectivity index (χ4v) is 5.39. The molecule has 0 aromatic carbocycles. The molecule has 1 atom stereocenters. The van der Waals surface area contributed by atoms with Crippen LogP contribution >= 0.6 is 0 Å². The Kier molecular flexibility index (Phi) is 23.4. The summed E-state index contributed by atoms with van der Waals surface area (Å²) < 4.78 is 6.97. The number of ether oxygens (including phenoxy) is 1. The van der Waals surface area contributed by atoms with Gasteiger partial charge in [-0.2, -0.15) is 0 Å². The molecule has 0 aliphatic heterocycles. The summed E-state index contributed by atoms with van der Waals surface area (Å²) >= 11 is 0. The Morgan fingerprint density at radius 1 is 0.643 bits per heavy atom. The predicted molar refractivity (Wildman–Crippen MR) is 131 cm³/mol. The second-order valence-corrected chi connectivity index (χ2v) is 8.53. The summed E-state index contributed by atoms with van der Waals surface area (Å²) in [6, 6.07) is 0. The zero-order valence-electron chi connectivity index (χ0n) is 20.8. The van der Waals surface area contributed by atoms with Crippen molar-refractivity contribution in [2.75, 3.05) is 6.61 Å². The first-order valence-electron chi connectivity index (χ1n) is 12.2. The molecule has 0 bridgehead atoms. The summed E-state index contributed by atoms with van der Waals surface area (Å²) in [5.74, 6) is 0.791. The van der Waals surface area contributed by atoms with Crippen molar-refractivity contribution in [1.82, 2.24) is 0 Å². The van der Waals surface area contributed by atoms with E-state index in [1.807, 2.05) is 0 Å². The van der Waals surface area contributed by atoms with E-state index < -0.39 is 0 Å². The van der Waals surface area contributed by atoms with Gasteiger partial charge in [-0.3, -0.25) is 0 Å². The van der Waals surface area contributed by atoms with Crippen molar-refractivity contribution in [3.8, 4) is 0 Å². The van der Waals surface area contributed by atoms with Gasteiger partial charge in [0.2, 0.25) is 0 Å². The molecule has 28 heavy (non-hydrogen) atoms. The average Bonchev–Trinajstić information content (AvgIpc) is 2.67. The molecular formula is C25H56O2Sn. The molecule has 0 heterocycles. The molecule has 2 N–H and O–H groups in total. The third kappa shape index (κ3) is 9.25. The molecule has 1 unspecified atom stereocenters. The van der Waals surface area contributed by atoms with Crippen LogP contribution in [0.5, 0.6) is 0 Å². The van der Waals surface area contributed by atoms with Gasteiger partial charge in [0.1, 0.15) is 0 Å². The minimum absolute atomic E-state index is 0. The van der Waals surface area contributed by atoms with Crippen LogP contribution in [0.25, 0.3) is 0 Å². The van der Waals surface area contributed by atoms with Crippen LogP contribution in [0.15, 0.2) is 0 Å². The van der Waals surface area contributed by atoms with Gasteiger partial charge in [-0.15, -0.1) is 0 Å². The Bertz CT molecular complexity index is 310. The van der Waals surface area contributed by atoms with E-state index >= 15 is 0 Å². The van der Waals surface area contributed by atoms with E-state index in [9.17, 15) is 0 Å². The fourth-order valence-electron chi connectivity index (χ4n) is 5.39. The van der Waals surface area contributed by atoms with Gasteiger partial charge in [0.25, 0.3) is 0 Å². The predicted octanol–water partition coefficient (Wildman–Crippen LogP) is 7.20. The molecule has 0 spiro atoms. The molecular weight excluding hydrogens is 451 g/mol. The van der Waals surface area contributed by atoms with Gasteiger partial charge in [-0.05, 0) is 38.0 Å². The Labute approximate surface area is 195 Å². The van der Waals surface area contributed by atoms with Crippen molar-refractivity contribution in [3.63, 3.8) is 0 Å². The Hall–Kier alpha value is 0.719. The molecule has 0 aromatic rings. The van der Waals surface area contributed by atoms with Crippen LogP contribution in [0, 0.1) is 11.3 Å². The van der Waals surface area contributed by atoms with Gasteiger partial charge in [-0.25, -0.2) is 0 Å². The normalized spacial score (nSPS) is 13.7. The third-order valence-electron chi connectivity index (χ3n) is 7.01. The van der Waals surface area contributed by atoms with Crippen molar-refractivity contribution in [1.29, 1.82) is 0 Å². The molecule has 172 valence electrons. The van der Waals surface area contributed by atoms with Gasteiger partial charge >= 0.3 is 23.9 Å². The molecule has 0 fully saturated rings. The van der Waals surface area contributed by atoms with Crippen molar-refractivity contribution in [3.05, 3.63) is 0 Å². The van der Waals surface area contributed by atoms with Crippen molar-refractivity contribution in [2.45, 2.75) is 144 Å². The SMILES string of the molecule is CCCCOC(CC)(CCCC)C(CCCC)(CCCC)C(CC)CC.O.[SnH2]. The van der Waals surface area contributed by atoms with Crippen LogP contribution in [0.2, 0.25) is 0 Å². The molecule has 2 nitrogen and oxygen atoms in total. The van der Waals surface area contributed by atoms with E-state index in [-0.39, 0.29) is 35.0 Å². The molecule has 0 saturated carbocycles. The van der Waals surface area contributed by atoms with E-state index in [0.29, 0.717) is 5.41 Å². The third-order valence-corrected chi connectivity index (χ3v) is 7.01. The van der Waals surface area contributed by atoms with Crippen LogP contribution in [0.3, 0.4) is 0 Å². The first-order valence-corrected chi connectivity index (χ1v) is 12.2. The van der Waals surface area contributed by atoms with E-state index in [0.717, 1.165) is 12.5 Å². The standard InChI is InChI=1S/C25H52O.H2O.Sn.2H/c1-8-15-19-24(20-16-9-2,23(12-5)13-6)25(14-7,21-17-10-3)26-22-18-11-4;;;;/h23H,8-22H2,1-7H3;1H2;;;. The van der Waals surface area contributed by atoms with Gasteiger partial charge in [-0.1, -0.05) is 106 Å². The van der Waals surface area contributed by atoms with E-state index in [1.165, 1.54) is 89.9 Å². The van der Waals surface area contributed by atoms with Gasteiger partial charge in [0, 0.05) is 12.0 Å². The number of hydrogen-bond donors (Lipinski definition) is 0. The summed E-state index contributed by atoms with van der Waals surface area (Å²) in [6.07, 6.45) is 18.1. The van der Waals surface area contributed by atoms with Crippen molar-refractivity contribution >= 4 is 23.9 Å². The summed E-state index contributed by atoms with van der Waals surface area (Å²) in [4.78, 5) is 0. The van der Waals surface area contributed by atoms with Gasteiger partial charge in [0.15, 0.2) is 0 Å². The van der Waals surface area contributed by atoms with Gasteiger partial charge in [0.05, 0.1) is 5.60 Å².